The number of hydrogen-bond donors (Lipinski definition) is 1. The van der Waals surface area contributed by atoms with Gasteiger partial charge >= 0.3 is 0 Å². The Hall–Kier alpha value is -1.30. The second kappa shape index (κ2) is 3.77. The summed E-state index contributed by atoms with van der Waals surface area (Å²) in [5.41, 5.74) is 1.12. The smallest absolute Gasteiger partial charge is 0.120 e. The summed E-state index contributed by atoms with van der Waals surface area (Å²) in [4.78, 5) is 7.13. The van der Waals surface area contributed by atoms with Crippen LogP contribution in [0.1, 0.15) is 24.9 Å². The molecule has 0 bridgehead atoms. The molecule has 0 saturated heterocycles. The third-order valence-corrected chi connectivity index (χ3v) is 1.45. The van der Waals surface area contributed by atoms with Crippen molar-refractivity contribution in [3.05, 3.63) is 17.7 Å². The van der Waals surface area contributed by atoms with Gasteiger partial charge in [-0.3, -0.25) is 0 Å². The zero-order valence-electron chi connectivity index (χ0n) is 6.59. The summed E-state index contributed by atoms with van der Waals surface area (Å²) in [5.74, 6) is 0.774. The van der Waals surface area contributed by atoms with E-state index in [0.29, 0.717) is 6.42 Å². The van der Waals surface area contributed by atoms with Gasteiger partial charge in [0.2, 0.25) is 0 Å². The van der Waals surface area contributed by atoms with Crippen LogP contribution in [0.15, 0.2) is 6.20 Å². The average molecular weight is 149 g/mol. The third-order valence-electron chi connectivity index (χ3n) is 1.45. The highest BCUT2D eigenvalue weighted by molar-refractivity contribution is 5.04. The Kier molecular flexibility index (Phi) is 2.67. The summed E-state index contributed by atoms with van der Waals surface area (Å²) in [5, 5.41) is 8.35. The zero-order valence-corrected chi connectivity index (χ0v) is 6.59. The van der Waals surface area contributed by atoms with Crippen LogP contribution in [0.4, 0.5) is 0 Å². The molecule has 1 aromatic rings. The number of rotatable bonds is 3. The number of aryl methyl sites for hydroxylation is 1. The van der Waals surface area contributed by atoms with Gasteiger partial charge < -0.3 is 4.98 Å². The first-order chi connectivity index (χ1) is 5.36. The van der Waals surface area contributed by atoms with E-state index in [2.05, 4.69) is 16.9 Å². The van der Waals surface area contributed by atoms with Gasteiger partial charge in [-0.05, 0) is 6.42 Å². The van der Waals surface area contributed by atoms with Gasteiger partial charge in [0.1, 0.15) is 5.82 Å². The maximum Gasteiger partial charge on any atom is 0.120 e. The predicted molar refractivity (Wildman–Crippen MR) is 41.9 cm³/mol. The highest BCUT2D eigenvalue weighted by Gasteiger charge is 1.97. The minimum atomic E-state index is 0.379. The van der Waals surface area contributed by atoms with Crippen LogP contribution in [0, 0.1) is 11.3 Å². The fourth-order valence-electron chi connectivity index (χ4n) is 0.967. The summed E-state index contributed by atoms with van der Waals surface area (Å²) in [7, 11) is 0. The molecule has 1 rings (SSSR count). The van der Waals surface area contributed by atoms with Gasteiger partial charge in [-0.1, -0.05) is 13.3 Å². The number of nitrogens with zero attached hydrogens (tertiary/aromatic N) is 2. The van der Waals surface area contributed by atoms with E-state index in [4.69, 9.17) is 5.26 Å². The molecule has 0 aliphatic carbocycles. The van der Waals surface area contributed by atoms with Crippen LogP contribution in [-0.2, 0) is 12.8 Å². The number of H-pyrrole nitrogens is 1. The Morgan fingerprint density at radius 1 is 1.73 bits per heavy atom. The van der Waals surface area contributed by atoms with Crippen LogP contribution in [0.3, 0.4) is 0 Å². The number of nitrogens with one attached hydrogen (secondary N) is 1. The molecule has 0 aliphatic heterocycles. The molecule has 0 fully saturated rings. The minimum absolute atomic E-state index is 0.379. The lowest BCUT2D eigenvalue weighted by molar-refractivity contribution is 0.884. The number of imidazole rings is 1. The van der Waals surface area contributed by atoms with E-state index in [1.54, 1.807) is 6.20 Å². The van der Waals surface area contributed by atoms with Gasteiger partial charge in [0, 0.05) is 11.9 Å². The van der Waals surface area contributed by atoms with E-state index in [1.165, 1.54) is 0 Å². The van der Waals surface area contributed by atoms with Crippen molar-refractivity contribution in [3.63, 3.8) is 0 Å². The first-order valence-corrected chi connectivity index (χ1v) is 3.76. The molecule has 0 amide bonds. The number of aromatic amines is 1. The Bertz CT molecular complexity index is 257. The monoisotopic (exact) mass is 149 g/mol. The molecular weight excluding hydrogens is 138 g/mol. The number of aromatic nitrogens is 2. The molecule has 1 heterocycles. The SMILES string of the molecule is CCCc1cnc(CC#N)[nH]1. The molecular formula is C8H11N3. The van der Waals surface area contributed by atoms with Crippen molar-refractivity contribution in [2.75, 3.05) is 0 Å². The van der Waals surface area contributed by atoms with E-state index >= 15 is 0 Å². The molecule has 0 spiro atoms. The largest absolute Gasteiger partial charge is 0.345 e. The van der Waals surface area contributed by atoms with E-state index in [0.717, 1.165) is 24.4 Å². The van der Waals surface area contributed by atoms with Crippen LogP contribution in [0.5, 0.6) is 0 Å². The van der Waals surface area contributed by atoms with Gasteiger partial charge in [0.15, 0.2) is 0 Å². The van der Waals surface area contributed by atoms with Crippen molar-refractivity contribution in [1.82, 2.24) is 9.97 Å². The van der Waals surface area contributed by atoms with E-state index in [-0.39, 0.29) is 0 Å². The van der Waals surface area contributed by atoms with Crippen LogP contribution < -0.4 is 0 Å². The first-order valence-electron chi connectivity index (χ1n) is 3.76. The number of hydrogen-bond acceptors (Lipinski definition) is 2. The van der Waals surface area contributed by atoms with Crippen LogP contribution in [0.25, 0.3) is 0 Å². The fourth-order valence-corrected chi connectivity index (χ4v) is 0.967. The molecule has 0 atom stereocenters. The standard InChI is InChI=1S/C8H11N3/c1-2-3-7-6-10-8(11-7)4-5-9/h6H,2-4H2,1H3,(H,10,11). The summed E-state index contributed by atoms with van der Waals surface area (Å²) in [6.07, 6.45) is 4.30. The maximum absolute atomic E-state index is 8.35. The quantitative estimate of drug-likeness (QED) is 0.706. The second-order valence-corrected chi connectivity index (χ2v) is 2.44. The van der Waals surface area contributed by atoms with Crippen molar-refractivity contribution < 1.29 is 0 Å². The Morgan fingerprint density at radius 3 is 3.18 bits per heavy atom. The highest BCUT2D eigenvalue weighted by atomic mass is 14.9. The molecule has 1 aromatic heterocycles. The third kappa shape index (κ3) is 2.08. The lowest BCUT2D eigenvalue weighted by atomic mass is 10.3. The predicted octanol–water partition coefficient (Wildman–Crippen LogP) is 1.43. The van der Waals surface area contributed by atoms with E-state index in [1.807, 2.05) is 6.07 Å². The molecule has 0 aliphatic rings. The summed E-state index contributed by atoms with van der Waals surface area (Å²) >= 11 is 0. The molecule has 0 unspecified atom stereocenters. The maximum atomic E-state index is 8.35. The zero-order chi connectivity index (χ0) is 8.10. The molecule has 0 aromatic carbocycles. The summed E-state index contributed by atoms with van der Waals surface area (Å²) in [6, 6.07) is 2.05. The normalized spacial score (nSPS) is 9.45. The van der Waals surface area contributed by atoms with Gasteiger partial charge in [-0.15, -0.1) is 0 Å². The van der Waals surface area contributed by atoms with Crippen molar-refractivity contribution in [1.29, 1.82) is 5.26 Å². The Balaban J connectivity index is 2.60. The van der Waals surface area contributed by atoms with Crippen molar-refractivity contribution in [2.24, 2.45) is 0 Å². The highest BCUT2D eigenvalue weighted by Crippen LogP contribution is 2.00. The van der Waals surface area contributed by atoms with E-state index in [9.17, 15) is 0 Å². The second-order valence-electron chi connectivity index (χ2n) is 2.44. The van der Waals surface area contributed by atoms with Crippen molar-refractivity contribution in [2.45, 2.75) is 26.2 Å². The molecule has 1 N–H and O–H groups in total. The van der Waals surface area contributed by atoms with Gasteiger partial charge in [-0.25, -0.2) is 4.98 Å². The Labute approximate surface area is 66.1 Å². The van der Waals surface area contributed by atoms with Gasteiger partial charge in [-0.2, -0.15) is 5.26 Å². The molecule has 58 valence electrons. The lowest BCUT2D eigenvalue weighted by Gasteiger charge is -1.88. The van der Waals surface area contributed by atoms with Crippen LogP contribution in [0.2, 0.25) is 0 Å². The minimum Gasteiger partial charge on any atom is -0.345 e. The average Bonchev–Trinajstić information content (AvgIpc) is 2.38. The van der Waals surface area contributed by atoms with Gasteiger partial charge in [0.25, 0.3) is 0 Å². The van der Waals surface area contributed by atoms with Crippen LogP contribution >= 0.6 is 0 Å². The first kappa shape index (κ1) is 7.80. The summed E-state index contributed by atoms with van der Waals surface area (Å²) < 4.78 is 0. The molecule has 0 saturated carbocycles. The van der Waals surface area contributed by atoms with Gasteiger partial charge in [0.05, 0.1) is 12.5 Å². The molecule has 3 nitrogen and oxygen atoms in total. The van der Waals surface area contributed by atoms with Crippen molar-refractivity contribution in [3.8, 4) is 6.07 Å². The lowest BCUT2D eigenvalue weighted by Crippen LogP contribution is -1.85. The number of nitriles is 1. The molecule has 11 heavy (non-hydrogen) atoms. The molecule has 0 radical (unpaired) electrons. The van der Waals surface area contributed by atoms with Crippen molar-refractivity contribution >= 4 is 0 Å². The Morgan fingerprint density at radius 2 is 2.55 bits per heavy atom. The fraction of sp³-hybridized carbons (Fsp3) is 0.500. The molecule has 3 heteroatoms. The summed E-state index contributed by atoms with van der Waals surface area (Å²) in [6.45, 7) is 2.12. The van der Waals surface area contributed by atoms with E-state index < -0.39 is 0 Å². The topological polar surface area (TPSA) is 52.5 Å². The van der Waals surface area contributed by atoms with Crippen LogP contribution in [-0.4, -0.2) is 9.97 Å².